The maximum Gasteiger partial charge on any atom is 0.335 e. The molecular formula is C14H19BrN2O2. The SMILES string of the molecule is O=C(O)c1cc(Br)cc(NCCCN2CCCC2)c1. The fourth-order valence-electron chi connectivity index (χ4n) is 2.36. The highest BCUT2D eigenvalue weighted by Gasteiger charge is 2.10. The molecule has 2 N–H and O–H groups in total. The molecule has 0 amide bonds. The summed E-state index contributed by atoms with van der Waals surface area (Å²) in [6.45, 7) is 4.43. The molecule has 1 saturated heterocycles. The van der Waals surface area contributed by atoms with Gasteiger partial charge in [-0.15, -0.1) is 0 Å². The van der Waals surface area contributed by atoms with E-state index in [1.807, 2.05) is 6.07 Å². The molecule has 19 heavy (non-hydrogen) atoms. The first kappa shape index (κ1) is 14.3. The number of carboxylic acid groups (broad SMARTS) is 1. The summed E-state index contributed by atoms with van der Waals surface area (Å²) in [5.41, 5.74) is 1.16. The largest absolute Gasteiger partial charge is 0.478 e. The summed E-state index contributed by atoms with van der Waals surface area (Å²) in [5, 5.41) is 12.3. The molecule has 0 atom stereocenters. The molecule has 1 aromatic carbocycles. The topological polar surface area (TPSA) is 52.6 Å². The Hall–Kier alpha value is -1.07. The van der Waals surface area contributed by atoms with E-state index in [1.165, 1.54) is 25.9 Å². The number of aromatic carboxylic acids is 1. The van der Waals surface area contributed by atoms with Gasteiger partial charge in [0.15, 0.2) is 0 Å². The average molecular weight is 327 g/mol. The number of anilines is 1. The Balaban J connectivity index is 1.80. The summed E-state index contributed by atoms with van der Waals surface area (Å²) < 4.78 is 0.787. The molecule has 0 aliphatic carbocycles. The quantitative estimate of drug-likeness (QED) is 0.789. The van der Waals surface area contributed by atoms with E-state index in [0.717, 1.165) is 29.7 Å². The molecule has 104 valence electrons. The zero-order valence-electron chi connectivity index (χ0n) is 10.9. The lowest BCUT2D eigenvalue weighted by molar-refractivity contribution is 0.0697. The van der Waals surface area contributed by atoms with E-state index in [2.05, 4.69) is 26.1 Å². The van der Waals surface area contributed by atoms with Gasteiger partial charge >= 0.3 is 5.97 Å². The van der Waals surface area contributed by atoms with Gasteiger partial charge in [0.05, 0.1) is 5.56 Å². The molecule has 1 fully saturated rings. The van der Waals surface area contributed by atoms with Crippen LogP contribution < -0.4 is 5.32 Å². The van der Waals surface area contributed by atoms with E-state index in [0.29, 0.717) is 5.56 Å². The Morgan fingerprint density at radius 1 is 1.32 bits per heavy atom. The Bertz CT molecular complexity index is 445. The number of halogens is 1. The van der Waals surface area contributed by atoms with Crippen LogP contribution in [0.25, 0.3) is 0 Å². The predicted octanol–water partition coefficient (Wildman–Crippen LogP) is 3.05. The van der Waals surface area contributed by atoms with Gasteiger partial charge in [-0.05, 0) is 57.1 Å². The molecule has 0 bridgehead atoms. The third-order valence-electron chi connectivity index (χ3n) is 3.32. The molecule has 4 nitrogen and oxygen atoms in total. The highest BCUT2D eigenvalue weighted by molar-refractivity contribution is 9.10. The lowest BCUT2D eigenvalue weighted by Crippen LogP contribution is -2.22. The van der Waals surface area contributed by atoms with Crippen LogP contribution in [0.3, 0.4) is 0 Å². The van der Waals surface area contributed by atoms with Crippen molar-refractivity contribution < 1.29 is 9.90 Å². The van der Waals surface area contributed by atoms with Gasteiger partial charge in [-0.2, -0.15) is 0 Å². The van der Waals surface area contributed by atoms with Gasteiger partial charge < -0.3 is 15.3 Å². The summed E-state index contributed by atoms with van der Waals surface area (Å²) >= 11 is 3.33. The molecule has 1 aromatic rings. The number of benzene rings is 1. The summed E-state index contributed by atoms with van der Waals surface area (Å²) in [4.78, 5) is 13.4. The minimum atomic E-state index is -0.901. The molecule has 1 aliphatic heterocycles. The standard InChI is InChI=1S/C14H19BrN2O2/c15-12-8-11(14(18)19)9-13(10-12)16-4-3-7-17-5-1-2-6-17/h8-10,16H,1-7H2,(H,18,19). The molecule has 0 unspecified atom stereocenters. The van der Waals surface area contributed by atoms with Gasteiger partial charge in [0, 0.05) is 16.7 Å². The van der Waals surface area contributed by atoms with Crippen LogP contribution in [0.2, 0.25) is 0 Å². The summed E-state index contributed by atoms with van der Waals surface area (Å²) in [6, 6.07) is 5.18. The zero-order valence-corrected chi connectivity index (χ0v) is 12.4. The lowest BCUT2D eigenvalue weighted by atomic mass is 10.2. The van der Waals surface area contributed by atoms with E-state index >= 15 is 0 Å². The van der Waals surface area contributed by atoms with E-state index in [-0.39, 0.29) is 0 Å². The molecule has 0 aromatic heterocycles. The molecule has 2 rings (SSSR count). The summed E-state index contributed by atoms with van der Waals surface area (Å²) in [6.07, 6.45) is 3.72. The van der Waals surface area contributed by atoms with Crippen LogP contribution >= 0.6 is 15.9 Å². The summed E-state index contributed by atoms with van der Waals surface area (Å²) in [7, 11) is 0. The predicted molar refractivity (Wildman–Crippen MR) is 79.9 cm³/mol. The van der Waals surface area contributed by atoms with Crippen LogP contribution in [0, 0.1) is 0 Å². The molecule has 1 heterocycles. The lowest BCUT2D eigenvalue weighted by Gasteiger charge is -2.15. The van der Waals surface area contributed by atoms with Crippen molar-refractivity contribution in [2.24, 2.45) is 0 Å². The maximum atomic E-state index is 11.0. The minimum absolute atomic E-state index is 0.302. The van der Waals surface area contributed by atoms with Gasteiger partial charge in [-0.1, -0.05) is 15.9 Å². The van der Waals surface area contributed by atoms with Crippen molar-refractivity contribution in [3.63, 3.8) is 0 Å². The number of carboxylic acids is 1. The second kappa shape index (κ2) is 6.91. The Morgan fingerprint density at radius 3 is 2.74 bits per heavy atom. The average Bonchev–Trinajstić information content (AvgIpc) is 2.87. The number of nitrogens with one attached hydrogen (secondary N) is 1. The monoisotopic (exact) mass is 326 g/mol. The highest BCUT2D eigenvalue weighted by atomic mass is 79.9. The highest BCUT2D eigenvalue weighted by Crippen LogP contribution is 2.19. The van der Waals surface area contributed by atoms with Crippen molar-refractivity contribution >= 4 is 27.6 Å². The van der Waals surface area contributed by atoms with Gasteiger partial charge in [-0.3, -0.25) is 0 Å². The van der Waals surface area contributed by atoms with Crippen LogP contribution in [0.15, 0.2) is 22.7 Å². The Kier molecular flexibility index (Phi) is 5.22. The van der Waals surface area contributed by atoms with Crippen LogP contribution in [0.1, 0.15) is 29.6 Å². The van der Waals surface area contributed by atoms with Gasteiger partial charge in [0.25, 0.3) is 0 Å². The zero-order chi connectivity index (χ0) is 13.7. The van der Waals surface area contributed by atoms with E-state index in [9.17, 15) is 4.79 Å². The van der Waals surface area contributed by atoms with E-state index in [4.69, 9.17) is 5.11 Å². The van der Waals surface area contributed by atoms with Gasteiger partial charge in [-0.25, -0.2) is 4.79 Å². The fourth-order valence-corrected chi connectivity index (χ4v) is 2.85. The van der Waals surface area contributed by atoms with E-state index in [1.54, 1.807) is 12.1 Å². The third-order valence-corrected chi connectivity index (χ3v) is 3.78. The Labute approximate surface area is 121 Å². The minimum Gasteiger partial charge on any atom is -0.478 e. The van der Waals surface area contributed by atoms with Crippen molar-refractivity contribution in [1.29, 1.82) is 0 Å². The first-order valence-electron chi connectivity index (χ1n) is 6.65. The molecule has 5 heteroatoms. The molecular weight excluding hydrogens is 308 g/mol. The van der Waals surface area contributed by atoms with Gasteiger partial charge in [0.2, 0.25) is 0 Å². The van der Waals surface area contributed by atoms with Crippen LogP contribution in [0.4, 0.5) is 5.69 Å². The van der Waals surface area contributed by atoms with Crippen LogP contribution in [-0.4, -0.2) is 42.2 Å². The van der Waals surface area contributed by atoms with E-state index < -0.39 is 5.97 Å². The van der Waals surface area contributed by atoms with Crippen LogP contribution in [-0.2, 0) is 0 Å². The number of likely N-dealkylation sites (tertiary alicyclic amines) is 1. The van der Waals surface area contributed by atoms with Crippen molar-refractivity contribution in [2.45, 2.75) is 19.3 Å². The number of hydrogen-bond acceptors (Lipinski definition) is 3. The second-order valence-electron chi connectivity index (χ2n) is 4.86. The third kappa shape index (κ3) is 4.51. The van der Waals surface area contributed by atoms with Crippen molar-refractivity contribution in [3.8, 4) is 0 Å². The Morgan fingerprint density at radius 2 is 2.05 bits per heavy atom. The fraction of sp³-hybridized carbons (Fsp3) is 0.500. The molecule has 1 aliphatic rings. The smallest absolute Gasteiger partial charge is 0.335 e. The van der Waals surface area contributed by atoms with Crippen molar-refractivity contribution in [2.75, 3.05) is 31.5 Å². The normalized spacial score (nSPS) is 15.6. The van der Waals surface area contributed by atoms with Gasteiger partial charge in [0.1, 0.15) is 0 Å². The maximum absolute atomic E-state index is 11.0. The number of rotatable bonds is 6. The summed E-state index contributed by atoms with van der Waals surface area (Å²) in [5.74, 6) is -0.901. The molecule has 0 saturated carbocycles. The van der Waals surface area contributed by atoms with Crippen LogP contribution in [0.5, 0.6) is 0 Å². The second-order valence-corrected chi connectivity index (χ2v) is 5.78. The first-order valence-corrected chi connectivity index (χ1v) is 7.44. The van der Waals surface area contributed by atoms with Crippen molar-refractivity contribution in [1.82, 2.24) is 4.90 Å². The van der Waals surface area contributed by atoms with Crippen molar-refractivity contribution in [3.05, 3.63) is 28.2 Å². The number of nitrogens with zero attached hydrogens (tertiary/aromatic N) is 1. The first-order chi connectivity index (χ1) is 9.15. The molecule has 0 spiro atoms. The number of carbonyl (C=O) groups is 1. The number of hydrogen-bond donors (Lipinski definition) is 2. The molecule has 0 radical (unpaired) electrons.